The van der Waals surface area contributed by atoms with Crippen molar-refractivity contribution < 1.29 is 14.5 Å². The first-order chi connectivity index (χ1) is 7.24. The van der Waals surface area contributed by atoms with E-state index >= 15 is 0 Å². The molecule has 1 amide bonds. The largest absolute Gasteiger partial charge is 0.395 e. The number of aliphatic hydroxyl groups is 1. The first-order valence-corrected chi connectivity index (χ1v) is 4.74. The average Bonchev–Trinajstić information content (AvgIpc) is 2.97. The molecule has 1 heterocycles. The lowest BCUT2D eigenvalue weighted by atomic mass is 10.3. The Balaban J connectivity index is 2.14. The van der Waals surface area contributed by atoms with Gasteiger partial charge in [0.1, 0.15) is 0 Å². The van der Waals surface area contributed by atoms with Gasteiger partial charge in [-0.25, -0.2) is 4.63 Å². The van der Waals surface area contributed by atoms with Gasteiger partial charge in [-0.1, -0.05) is 0 Å². The monoisotopic (exact) mass is 212 g/mol. The van der Waals surface area contributed by atoms with Crippen LogP contribution in [0.1, 0.15) is 23.3 Å². The van der Waals surface area contributed by atoms with Crippen LogP contribution in [0.15, 0.2) is 4.63 Å². The first-order valence-electron chi connectivity index (χ1n) is 4.74. The molecule has 82 valence electrons. The maximum Gasteiger partial charge on any atom is 0.280 e. The quantitative estimate of drug-likeness (QED) is 0.680. The fraction of sp³-hybridized carbons (Fsp3) is 0.625. The van der Waals surface area contributed by atoms with Gasteiger partial charge in [0.25, 0.3) is 5.91 Å². The number of anilines is 1. The molecule has 0 bridgehead atoms. The van der Waals surface area contributed by atoms with Crippen LogP contribution in [0.25, 0.3) is 0 Å². The third-order valence-corrected chi connectivity index (χ3v) is 2.31. The summed E-state index contributed by atoms with van der Waals surface area (Å²) in [6.07, 6.45) is 1.91. The second-order valence-corrected chi connectivity index (χ2v) is 3.45. The number of nitrogens with two attached hydrogens (primary N) is 1. The smallest absolute Gasteiger partial charge is 0.280 e. The van der Waals surface area contributed by atoms with Crippen molar-refractivity contribution in [3.05, 3.63) is 5.69 Å². The third-order valence-electron chi connectivity index (χ3n) is 2.31. The molecule has 0 aromatic carbocycles. The highest BCUT2D eigenvalue weighted by Crippen LogP contribution is 2.28. The highest BCUT2D eigenvalue weighted by atomic mass is 16.6. The molecule has 1 aliphatic rings. The van der Waals surface area contributed by atoms with Gasteiger partial charge in [-0.15, -0.1) is 0 Å². The lowest BCUT2D eigenvalue weighted by Gasteiger charge is -2.19. The number of aromatic nitrogens is 2. The zero-order valence-corrected chi connectivity index (χ0v) is 8.09. The van der Waals surface area contributed by atoms with Gasteiger partial charge in [0, 0.05) is 12.6 Å². The zero-order valence-electron chi connectivity index (χ0n) is 8.09. The minimum atomic E-state index is -0.328. The minimum absolute atomic E-state index is 0.0106. The van der Waals surface area contributed by atoms with E-state index in [1.165, 1.54) is 0 Å². The number of nitrogen functional groups attached to an aromatic ring is 1. The second-order valence-electron chi connectivity index (χ2n) is 3.45. The fourth-order valence-corrected chi connectivity index (χ4v) is 1.42. The van der Waals surface area contributed by atoms with Gasteiger partial charge in [0.2, 0.25) is 11.5 Å². The van der Waals surface area contributed by atoms with Crippen LogP contribution in [0.4, 0.5) is 5.82 Å². The van der Waals surface area contributed by atoms with Gasteiger partial charge in [-0.3, -0.25) is 4.79 Å². The molecular formula is C8H12N4O3. The summed E-state index contributed by atoms with van der Waals surface area (Å²) in [6, 6.07) is 0.195. The first kappa shape index (κ1) is 9.91. The van der Waals surface area contributed by atoms with E-state index in [4.69, 9.17) is 10.8 Å². The van der Waals surface area contributed by atoms with E-state index in [9.17, 15) is 4.79 Å². The van der Waals surface area contributed by atoms with Crippen LogP contribution in [0.5, 0.6) is 0 Å². The number of hydrogen-bond acceptors (Lipinski definition) is 6. The van der Waals surface area contributed by atoms with Crippen molar-refractivity contribution in [3.8, 4) is 0 Å². The zero-order chi connectivity index (χ0) is 10.8. The summed E-state index contributed by atoms with van der Waals surface area (Å²) >= 11 is 0. The summed E-state index contributed by atoms with van der Waals surface area (Å²) in [5, 5.41) is 15.6. The Kier molecular flexibility index (Phi) is 2.55. The Hall–Kier alpha value is -1.63. The molecule has 0 saturated heterocycles. The van der Waals surface area contributed by atoms with Crippen LogP contribution in [0.2, 0.25) is 0 Å². The van der Waals surface area contributed by atoms with Crippen LogP contribution < -0.4 is 5.73 Å². The highest BCUT2D eigenvalue weighted by molar-refractivity contribution is 5.96. The van der Waals surface area contributed by atoms with Crippen molar-refractivity contribution in [1.29, 1.82) is 0 Å². The predicted octanol–water partition coefficient (Wildman–Crippen LogP) is -0.751. The average molecular weight is 212 g/mol. The molecular weight excluding hydrogens is 200 g/mol. The van der Waals surface area contributed by atoms with Crippen molar-refractivity contribution in [2.75, 3.05) is 18.9 Å². The topological polar surface area (TPSA) is 105 Å². The molecule has 15 heavy (non-hydrogen) atoms. The number of amides is 1. The standard InChI is InChI=1S/C8H12N4O3/c9-7-6(10-15-11-7)8(14)12(3-4-13)5-1-2-5/h5,13H,1-4H2,(H2,9,11). The lowest BCUT2D eigenvalue weighted by molar-refractivity contribution is 0.0697. The molecule has 0 unspecified atom stereocenters. The third kappa shape index (κ3) is 1.91. The van der Waals surface area contributed by atoms with Gasteiger partial charge in [0.05, 0.1) is 6.61 Å². The Bertz CT molecular complexity index is 361. The van der Waals surface area contributed by atoms with Crippen molar-refractivity contribution in [3.63, 3.8) is 0 Å². The van der Waals surface area contributed by atoms with Gasteiger partial charge in [0.15, 0.2) is 0 Å². The highest BCUT2D eigenvalue weighted by Gasteiger charge is 2.34. The number of aliphatic hydroxyl groups excluding tert-OH is 1. The van der Waals surface area contributed by atoms with Crippen LogP contribution in [-0.4, -0.2) is 45.4 Å². The number of carbonyl (C=O) groups excluding carboxylic acids is 1. The summed E-state index contributed by atoms with van der Waals surface area (Å²) in [5.41, 5.74) is 5.44. The normalized spacial score (nSPS) is 15.3. The molecule has 1 aromatic rings. The van der Waals surface area contributed by atoms with Crippen molar-refractivity contribution >= 4 is 11.7 Å². The molecule has 0 atom stereocenters. The number of nitrogens with zero attached hydrogens (tertiary/aromatic N) is 3. The molecule has 3 N–H and O–H groups in total. The van der Waals surface area contributed by atoms with Gasteiger partial charge in [-0.2, -0.15) is 0 Å². The molecule has 2 rings (SSSR count). The van der Waals surface area contributed by atoms with E-state index in [-0.39, 0.29) is 36.6 Å². The van der Waals surface area contributed by atoms with E-state index in [1.807, 2.05) is 0 Å². The van der Waals surface area contributed by atoms with Gasteiger partial charge >= 0.3 is 0 Å². The van der Waals surface area contributed by atoms with Crippen molar-refractivity contribution in [1.82, 2.24) is 15.2 Å². The molecule has 1 fully saturated rings. The second kappa shape index (κ2) is 3.85. The molecule has 0 radical (unpaired) electrons. The summed E-state index contributed by atoms with van der Waals surface area (Å²) in [6.45, 7) is 0.212. The van der Waals surface area contributed by atoms with Crippen LogP contribution in [-0.2, 0) is 0 Å². The maximum absolute atomic E-state index is 11.9. The summed E-state index contributed by atoms with van der Waals surface area (Å²) in [7, 11) is 0. The Morgan fingerprint density at radius 1 is 1.60 bits per heavy atom. The van der Waals surface area contributed by atoms with Crippen LogP contribution in [0, 0.1) is 0 Å². The van der Waals surface area contributed by atoms with Gasteiger partial charge in [-0.05, 0) is 23.2 Å². The predicted molar refractivity (Wildman–Crippen MR) is 49.9 cm³/mol. The molecule has 1 saturated carbocycles. The molecule has 7 nitrogen and oxygen atoms in total. The van der Waals surface area contributed by atoms with E-state index in [1.54, 1.807) is 4.90 Å². The summed E-state index contributed by atoms with van der Waals surface area (Å²) in [5.74, 6) is -0.339. The fourth-order valence-electron chi connectivity index (χ4n) is 1.42. The minimum Gasteiger partial charge on any atom is -0.395 e. The molecule has 0 aliphatic heterocycles. The van der Waals surface area contributed by atoms with E-state index < -0.39 is 0 Å². The van der Waals surface area contributed by atoms with Crippen molar-refractivity contribution in [2.24, 2.45) is 0 Å². The van der Waals surface area contributed by atoms with Crippen LogP contribution in [0.3, 0.4) is 0 Å². The van der Waals surface area contributed by atoms with E-state index in [0.29, 0.717) is 0 Å². The Morgan fingerprint density at radius 2 is 2.33 bits per heavy atom. The molecule has 1 aliphatic carbocycles. The Morgan fingerprint density at radius 3 is 2.80 bits per heavy atom. The van der Waals surface area contributed by atoms with E-state index in [2.05, 4.69) is 14.9 Å². The Labute approximate surface area is 85.8 Å². The number of hydrogen-bond donors (Lipinski definition) is 2. The van der Waals surface area contributed by atoms with Crippen molar-refractivity contribution in [2.45, 2.75) is 18.9 Å². The number of carbonyl (C=O) groups is 1. The summed E-state index contributed by atoms with van der Waals surface area (Å²) < 4.78 is 4.36. The molecule has 1 aromatic heterocycles. The summed E-state index contributed by atoms with van der Waals surface area (Å²) in [4.78, 5) is 13.4. The SMILES string of the molecule is Nc1nonc1C(=O)N(CCO)C1CC1. The lowest BCUT2D eigenvalue weighted by Crippen LogP contribution is -2.36. The van der Waals surface area contributed by atoms with Crippen LogP contribution >= 0.6 is 0 Å². The maximum atomic E-state index is 11.9. The van der Waals surface area contributed by atoms with E-state index in [0.717, 1.165) is 12.8 Å². The number of rotatable bonds is 4. The molecule has 0 spiro atoms. The molecule has 7 heteroatoms. The van der Waals surface area contributed by atoms with Gasteiger partial charge < -0.3 is 15.7 Å².